The molecule has 8 heteroatoms. The van der Waals surface area contributed by atoms with Gasteiger partial charge in [-0.1, -0.05) is 35.5 Å². The van der Waals surface area contributed by atoms with E-state index >= 15 is 0 Å². The summed E-state index contributed by atoms with van der Waals surface area (Å²) in [7, 11) is 0. The molecule has 0 spiro atoms. The SMILES string of the molecule is CCNC(=NCc1noc(C)n1)NC1CCN(Cc2ccccc2)C(C)C1.I. The Kier molecular flexibility index (Phi) is 9.17. The quantitative estimate of drug-likeness (QED) is 0.362. The number of hydrogen-bond acceptors (Lipinski definition) is 5. The van der Waals surface area contributed by atoms with E-state index in [4.69, 9.17) is 4.52 Å². The Hall–Kier alpha value is -1.68. The third-order valence-corrected chi connectivity index (χ3v) is 4.88. The molecule has 2 heterocycles. The average molecular weight is 498 g/mol. The summed E-state index contributed by atoms with van der Waals surface area (Å²) in [5.74, 6) is 1.99. The van der Waals surface area contributed by atoms with Crippen molar-refractivity contribution in [1.82, 2.24) is 25.7 Å². The third-order valence-electron chi connectivity index (χ3n) is 4.88. The predicted molar refractivity (Wildman–Crippen MR) is 122 cm³/mol. The van der Waals surface area contributed by atoms with E-state index in [-0.39, 0.29) is 24.0 Å². The van der Waals surface area contributed by atoms with Crippen molar-refractivity contribution in [3.63, 3.8) is 0 Å². The lowest BCUT2D eigenvalue weighted by atomic mass is 9.97. The Labute approximate surface area is 184 Å². The molecule has 2 N–H and O–H groups in total. The minimum atomic E-state index is 0. The van der Waals surface area contributed by atoms with Gasteiger partial charge in [0.15, 0.2) is 11.8 Å². The zero-order chi connectivity index (χ0) is 19.1. The van der Waals surface area contributed by atoms with Gasteiger partial charge in [-0.25, -0.2) is 4.99 Å². The maximum Gasteiger partial charge on any atom is 0.223 e. The van der Waals surface area contributed by atoms with Crippen LogP contribution < -0.4 is 10.6 Å². The molecule has 1 aliphatic heterocycles. The summed E-state index contributed by atoms with van der Waals surface area (Å²) in [6.07, 6.45) is 2.20. The molecule has 28 heavy (non-hydrogen) atoms. The first kappa shape index (κ1) is 22.6. The van der Waals surface area contributed by atoms with Crippen LogP contribution in [0, 0.1) is 6.92 Å². The van der Waals surface area contributed by atoms with Crippen LogP contribution >= 0.6 is 24.0 Å². The molecule has 2 aromatic rings. The molecular formula is C20H31IN6O. The van der Waals surface area contributed by atoms with Crippen LogP contribution in [0.5, 0.6) is 0 Å². The van der Waals surface area contributed by atoms with Crippen molar-refractivity contribution in [3.05, 3.63) is 47.6 Å². The molecule has 0 aliphatic carbocycles. The number of rotatable bonds is 6. The fourth-order valence-electron chi connectivity index (χ4n) is 3.47. The fraction of sp³-hybridized carbons (Fsp3) is 0.550. The molecule has 0 amide bonds. The van der Waals surface area contributed by atoms with E-state index in [0.717, 1.165) is 38.4 Å². The Morgan fingerprint density at radius 3 is 2.75 bits per heavy atom. The van der Waals surface area contributed by atoms with Gasteiger partial charge in [0.25, 0.3) is 0 Å². The highest BCUT2D eigenvalue weighted by atomic mass is 127. The number of nitrogens with one attached hydrogen (secondary N) is 2. The van der Waals surface area contributed by atoms with Crippen LogP contribution in [0.1, 0.15) is 44.0 Å². The number of guanidine groups is 1. The lowest BCUT2D eigenvalue weighted by molar-refractivity contribution is 0.134. The largest absolute Gasteiger partial charge is 0.357 e. The first-order valence-corrected chi connectivity index (χ1v) is 9.76. The zero-order valence-electron chi connectivity index (χ0n) is 16.9. The van der Waals surface area contributed by atoms with Crippen molar-refractivity contribution < 1.29 is 4.52 Å². The summed E-state index contributed by atoms with van der Waals surface area (Å²) in [6.45, 7) is 9.49. The van der Waals surface area contributed by atoms with Crippen molar-refractivity contribution in [1.29, 1.82) is 0 Å². The maximum absolute atomic E-state index is 5.00. The topological polar surface area (TPSA) is 78.6 Å². The summed E-state index contributed by atoms with van der Waals surface area (Å²) in [6, 6.07) is 11.6. The van der Waals surface area contributed by atoms with E-state index in [0.29, 0.717) is 30.3 Å². The van der Waals surface area contributed by atoms with Gasteiger partial charge in [0.1, 0.15) is 6.54 Å². The van der Waals surface area contributed by atoms with E-state index in [1.54, 1.807) is 6.92 Å². The molecule has 2 atom stereocenters. The van der Waals surface area contributed by atoms with Crippen LogP contribution in [0.15, 0.2) is 39.8 Å². The molecule has 1 saturated heterocycles. The Balaban J connectivity index is 0.00000280. The molecule has 1 aliphatic rings. The molecule has 1 aromatic heterocycles. The smallest absolute Gasteiger partial charge is 0.223 e. The minimum Gasteiger partial charge on any atom is -0.357 e. The van der Waals surface area contributed by atoms with Gasteiger partial charge in [0, 0.05) is 38.6 Å². The highest BCUT2D eigenvalue weighted by molar-refractivity contribution is 14.0. The van der Waals surface area contributed by atoms with Gasteiger partial charge in [-0.2, -0.15) is 4.98 Å². The normalized spacial score (nSPS) is 20.5. The highest BCUT2D eigenvalue weighted by Crippen LogP contribution is 2.20. The summed E-state index contributed by atoms with van der Waals surface area (Å²) in [4.78, 5) is 11.4. The van der Waals surface area contributed by atoms with E-state index < -0.39 is 0 Å². The molecule has 3 rings (SSSR count). The second kappa shape index (κ2) is 11.4. The molecule has 7 nitrogen and oxygen atoms in total. The standard InChI is InChI=1S/C20H30N6O.HI/c1-4-21-20(22-13-19-23-16(3)27-25-19)24-18-10-11-26(15(2)12-18)14-17-8-6-5-7-9-17;/h5-9,15,18H,4,10-14H2,1-3H3,(H2,21,22,24);1H. The van der Waals surface area contributed by atoms with Gasteiger partial charge < -0.3 is 15.2 Å². The van der Waals surface area contributed by atoms with Crippen LogP contribution in [0.3, 0.4) is 0 Å². The lowest BCUT2D eigenvalue weighted by Gasteiger charge is -2.38. The number of aryl methyl sites for hydroxylation is 1. The monoisotopic (exact) mass is 498 g/mol. The Morgan fingerprint density at radius 2 is 2.11 bits per heavy atom. The number of aliphatic imine (C=N–C) groups is 1. The first-order valence-electron chi connectivity index (χ1n) is 9.76. The van der Waals surface area contributed by atoms with Gasteiger partial charge in [0.2, 0.25) is 5.89 Å². The Morgan fingerprint density at radius 1 is 1.32 bits per heavy atom. The summed E-state index contributed by atoms with van der Waals surface area (Å²) < 4.78 is 5.00. The highest BCUT2D eigenvalue weighted by Gasteiger charge is 2.26. The van der Waals surface area contributed by atoms with Crippen LogP contribution in [-0.2, 0) is 13.1 Å². The molecule has 2 unspecified atom stereocenters. The van der Waals surface area contributed by atoms with Crippen LogP contribution in [0.25, 0.3) is 0 Å². The van der Waals surface area contributed by atoms with Crippen LogP contribution in [-0.4, -0.2) is 46.2 Å². The van der Waals surface area contributed by atoms with Crippen molar-refractivity contribution in [2.24, 2.45) is 4.99 Å². The summed E-state index contributed by atoms with van der Waals surface area (Å²) in [5.41, 5.74) is 1.38. The van der Waals surface area contributed by atoms with Crippen LogP contribution in [0.4, 0.5) is 0 Å². The van der Waals surface area contributed by atoms with Crippen molar-refractivity contribution >= 4 is 29.9 Å². The van der Waals surface area contributed by atoms with E-state index in [9.17, 15) is 0 Å². The van der Waals surface area contributed by atoms with Crippen molar-refractivity contribution in [3.8, 4) is 0 Å². The third kappa shape index (κ3) is 6.73. The number of hydrogen-bond donors (Lipinski definition) is 2. The number of nitrogens with zero attached hydrogens (tertiary/aromatic N) is 4. The number of aromatic nitrogens is 2. The molecule has 0 saturated carbocycles. The molecule has 0 bridgehead atoms. The second-order valence-corrected chi connectivity index (χ2v) is 7.10. The van der Waals surface area contributed by atoms with Gasteiger partial charge >= 0.3 is 0 Å². The van der Waals surface area contributed by atoms with Gasteiger partial charge in [0.05, 0.1) is 0 Å². The number of piperidine rings is 1. The lowest BCUT2D eigenvalue weighted by Crippen LogP contribution is -2.51. The molecular weight excluding hydrogens is 467 g/mol. The predicted octanol–water partition coefficient (Wildman–Crippen LogP) is 3.10. The van der Waals surface area contributed by atoms with Gasteiger partial charge in [-0.15, -0.1) is 24.0 Å². The van der Waals surface area contributed by atoms with E-state index in [1.165, 1.54) is 5.56 Å². The number of likely N-dealkylation sites (tertiary alicyclic amines) is 1. The number of halogens is 1. The first-order chi connectivity index (χ1) is 13.1. The Bertz CT molecular complexity index is 735. The zero-order valence-corrected chi connectivity index (χ0v) is 19.2. The molecule has 154 valence electrons. The van der Waals surface area contributed by atoms with Crippen molar-refractivity contribution in [2.75, 3.05) is 13.1 Å². The molecule has 0 radical (unpaired) electrons. The number of benzene rings is 1. The minimum absolute atomic E-state index is 0. The van der Waals surface area contributed by atoms with Gasteiger partial charge in [-0.3, -0.25) is 4.90 Å². The summed E-state index contributed by atoms with van der Waals surface area (Å²) >= 11 is 0. The second-order valence-electron chi connectivity index (χ2n) is 7.10. The van der Waals surface area contributed by atoms with E-state index in [2.05, 4.69) is 74.8 Å². The molecule has 1 fully saturated rings. The molecule has 1 aromatic carbocycles. The van der Waals surface area contributed by atoms with Gasteiger partial charge in [-0.05, 0) is 32.3 Å². The van der Waals surface area contributed by atoms with Crippen LogP contribution in [0.2, 0.25) is 0 Å². The van der Waals surface area contributed by atoms with Crippen molar-refractivity contribution in [2.45, 2.75) is 58.8 Å². The fourth-order valence-corrected chi connectivity index (χ4v) is 3.47. The maximum atomic E-state index is 5.00. The van der Waals surface area contributed by atoms with E-state index in [1.807, 2.05) is 0 Å². The average Bonchev–Trinajstić information content (AvgIpc) is 3.08. The summed E-state index contributed by atoms with van der Waals surface area (Å²) in [5, 5.41) is 10.8.